The third-order valence-corrected chi connectivity index (χ3v) is 3.87. The van der Waals surface area contributed by atoms with Crippen LogP contribution in [0, 0.1) is 0 Å². The van der Waals surface area contributed by atoms with Gasteiger partial charge in [0.2, 0.25) is 0 Å². The molecule has 2 aromatic rings. The van der Waals surface area contributed by atoms with E-state index in [0.29, 0.717) is 12.4 Å². The standard InChI is InChI=1S/C22H28O3/c1-4-6-15-24-22(19-11-8-7-9-12-19)17-25-20-14-13-18(10-5-2)16-21(20)23-3/h7-9,11-14,16-17H,4-6,10,15H2,1-3H3/b22-17+. The van der Waals surface area contributed by atoms with Crippen LogP contribution in [0.5, 0.6) is 11.5 Å². The molecule has 0 aliphatic carbocycles. The number of methoxy groups -OCH3 is 1. The van der Waals surface area contributed by atoms with Crippen molar-refractivity contribution < 1.29 is 14.2 Å². The zero-order valence-corrected chi connectivity index (χ0v) is 15.5. The summed E-state index contributed by atoms with van der Waals surface area (Å²) in [6.45, 7) is 4.99. The van der Waals surface area contributed by atoms with Gasteiger partial charge in [0.1, 0.15) is 6.26 Å². The van der Waals surface area contributed by atoms with E-state index in [1.807, 2.05) is 42.5 Å². The Morgan fingerprint density at radius 3 is 2.44 bits per heavy atom. The number of aryl methyl sites for hydroxylation is 1. The quantitative estimate of drug-likeness (QED) is 0.401. The molecular weight excluding hydrogens is 312 g/mol. The van der Waals surface area contributed by atoms with Crippen LogP contribution in [0.4, 0.5) is 0 Å². The van der Waals surface area contributed by atoms with Gasteiger partial charge in [0, 0.05) is 5.56 Å². The van der Waals surface area contributed by atoms with Crippen LogP contribution in [-0.4, -0.2) is 13.7 Å². The molecule has 0 N–H and O–H groups in total. The van der Waals surface area contributed by atoms with E-state index in [9.17, 15) is 0 Å². The van der Waals surface area contributed by atoms with Gasteiger partial charge in [-0.3, -0.25) is 0 Å². The Bertz CT molecular complexity index is 662. The fraction of sp³-hybridized carbons (Fsp3) is 0.364. The smallest absolute Gasteiger partial charge is 0.168 e. The van der Waals surface area contributed by atoms with E-state index >= 15 is 0 Å². The lowest BCUT2D eigenvalue weighted by Gasteiger charge is -2.13. The molecule has 0 fully saturated rings. The van der Waals surface area contributed by atoms with Gasteiger partial charge in [-0.05, 0) is 30.5 Å². The highest BCUT2D eigenvalue weighted by Gasteiger charge is 2.08. The highest BCUT2D eigenvalue weighted by atomic mass is 16.5. The van der Waals surface area contributed by atoms with Crippen LogP contribution in [0.3, 0.4) is 0 Å². The molecule has 0 aromatic heterocycles. The number of rotatable bonds is 10. The second kappa shape index (κ2) is 10.4. The maximum atomic E-state index is 5.92. The summed E-state index contributed by atoms with van der Waals surface area (Å²) >= 11 is 0. The summed E-state index contributed by atoms with van der Waals surface area (Å²) in [5, 5.41) is 0. The molecule has 0 bridgehead atoms. The highest BCUT2D eigenvalue weighted by Crippen LogP contribution is 2.29. The topological polar surface area (TPSA) is 27.7 Å². The van der Waals surface area contributed by atoms with E-state index in [1.165, 1.54) is 5.56 Å². The molecule has 0 radical (unpaired) electrons. The first-order valence-corrected chi connectivity index (χ1v) is 9.00. The van der Waals surface area contributed by atoms with Crippen molar-refractivity contribution in [2.24, 2.45) is 0 Å². The fourth-order valence-electron chi connectivity index (χ4n) is 2.48. The minimum atomic E-state index is 0.674. The third-order valence-electron chi connectivity index (χ3n) is 3.87. The van der Waals surface area contributed by atoms with Gasteiger partial charge in [-0.2, -0.15) is 0 Å². The van der Waals surface area contributed by atoms with E-state index in [4.69, 9.17) is 14.2 Å². The number of hydrogen-bond acceptors (Lipinski definition) is 3. The van der Waals surface area contributed by atoms with Crippen LogP contribution in [0.15, 0.2) is 54.8 Å². The summed E-state index contributed by atoms with van der Waals surface area (Å²) < 4.78 is 17.3. The zero-order valence-electron chi connectivity index (χ0n) is 15.5. The molecule has 3 nitrogen and oxygen atoms in total. The van der Waals surface area contributed by atoms with Gasteiger partial charge in [0.05, 0.1) is 13.7 Å². The van der Waals surface area contributed by atoms with E-state index in [-0.39, 0.29) is 0 Å². The van der Waals surface area contributed by atoms with Gasteiger partial charge >= 0.3 is 0 Å². The normalized spacial score (nSPS) is 11.2. The zero-order chi connectivity index (χ0) is 17.9. The first kappa shape index (κ1) is 18.9. The Morgan fingerprint density at radius 2 is 1.76 bits per heavy atom. The van der Waals surface area contributed by atoms with Crippen LogP contribution in [0.1, 0.15) is 44.2 Å². The molecule has 0 heterocycles. The average molecular weight is 340 g/mol. The molecule has 0 saturated carbocycles. The van der Waals surface area contributed by atoms with Crippen LogP contribution >= 0.6 is 0 Å². The summed E-state index contributed by atoms with van der Waals surface area (Å²) in [5.74, 6) is 2.16. The molecule has 0 atom stereocenters. The molecule has 2 aromatic carbocycles. The lowest BCUT2D eigenvalue weighted by molar-refractivity contribution is 0.261. The van der Waals surface area contributed by atoms with Crippen LogP contribution in [-0.2, 0) is 11.2 Å². The van der Waals surface area contributed by atoms with Crippen molar-refractivity contribution >= 4 is 5.76 Å². The number of benzene rings is 2. The van der Waals surface area contributed by atoms with Gasteiger partial charge < -0.3 is 14.2 Å². The predicted molar refractivity (Wildman–Crippen MR) is 103 cm³/mol. The van der Waals surface area contributed by atoms with Crippen molar-refractivity contribution in [2.75, 3.05) is 13.7 Å². The van der Waals surface area contributed by atoms with Crippen LogP contribution in [0.2, 0.25) is 0 Å². The van der Waals surface area contributed by atoms with Crippen molar-refractivity contribution in [2.45, 2.75) is 39.5 Å². The molecule has 0 unspecified atom stereocenters. The second-order valence-corrected chi connectivity index (χ2v) is 5.90. The first-order valence-electron chi connectivity index (χ1n) is 9.00. The van der Waals surface area contributed by atoms with Gasteiger partial charge in [-0.25, -0.2) is 0 Å². The number of hydrogen-bond donors (Lipinski definition) is 0. The monoisotopic (exact) mass is 340 g/mol. The van der Waals surface area contributed by atoms with Crippen LogP contribution < -0.4 is 9.47 Å². The van der Waals surface area contributed by atoms with Crippen molar-refractivity contribution in [1.29, 1.82) is 0 Å². The molecule has 0 amide bonds. The Balaban J connectivity index is 2.19. The second-order valence-electron chi connectivity index (χ2n) is 5.90. The minimum Gasteiger partial charge on any atom is -0.493 e. The van der Waals surface area contributed by atoms with E-state index in [0.717, 1.165) is 42.8 Å². The summed E-state index contributed by atoms with van der Waals surface area (Å²) in [6.07, 6.45) is 5.91. The van der Waals surface area contributed by atoms with Crippen molar-refractivity contribution in [3.8, 4) is 11.5 Å². The fourth-order valence-corrected chi connectivity index (χ4v) is 2.48. The maximum absolute atomic E-state index is 5.92. The first-order chi connectivity index (χ1) is 12.3. The van der Waals surface area contributed by atoms with Gasteiger partial charge in [0.25, 0.3) is 0 Å². The SMILES string of the molecule is CCCCO/C(=C/Oc1ccc(CCC)cc1OC)c1ccccc1. The largest absolute Gasteiger partial charge is 0.493 e. The molecule has 0 saturated heterocycles. The molecular formula is C22H28O3. The Kier molecular flexibility index (Phi) is 7.90. The third kappa shape index (κ3) is 5.86. The maximum Gasteiger partial charge on any atom is 0.168 e. The molecule has 0 aliphatic rings. The predicted octanol–water partition coefficient (Wildman–Crippen LogP) is 5.84. The molecule has 3 heteroatoms. The average Bonchev–Trinajstić information content (AvgIpc) is 2.66. The molecule has 0 spiro atoms. The van der Waals surface area contributed by atoms with E-state index in [1.54, 1.807) is 13.4 Å². The molecule has 0 aliphatic heterocycles. The van der Waals surface area contributed by atoms with E-state index < -0.39 is 0 Å². The summed E-state index contributed by atoms with van der Waals surface area (Å²) in [7, 11) is 1.66. The lowest BCUT2D eigenvalue weighted by Crippen LogP contribution is -1.98. The number of unbranched alkanes of at least 4 members (excludes halogenated alkanes) is 1. The summed E-state index contributed by atoms with van der Waals surface area (Å²) in [6, 6.07) is 16.1. The molecule has 134 valence electrons. The van der Waals surface area contributed by atoms with Gasteiger partial charge in [-0.1, -0.05) is 63.1 Å². The molecule has 25 heavy (non-hydrogen) atoms. The summed E-state index contributed by atoms with van der Waals surface area (Å²) in [5.41, 5.74) is 2.25. The van der Waals surface area contributed by atoms with Gasteiger partial charge in [0.15, 0.2) is 17.3 Å². The van der Waals surface area contributed by atoms with Crippen molar-refractivity contribution in [3.63, 3.8) is 0 Å². The Morgan fingerprint density at radius 1 is 0.960 bits per heavy atom. The minimum absolute atomic E-state index is 0.674. The Hall–Kier alpha value is -2.42. The van der Waals surface area contributed by atoms with Crippen molar-refractivity contribution in [3.05, 3.63) is 65.9 Å². The van der Waals surface area contributed by atoms with E-state index in [2.05, 4.69) is 19.9 Å². The Labute approximate surface area is 151 Å². The molecule has 2 rings (SSSR count). The van der Waals surface area contributed by atoms with Gasteiger partial charge in [-0.15, -0.1) is 0 Å². The van der Waals surface area contributed by atoms with Crippen LogP contribution in [0.25, 0.3) is 5.76 Å². The van der Waals surface area contributed by atoms with Crippen molar-refractivity contribution in [1.82, 2.24) is 0 Å². The summed E-state index contributed by atoms with van der Waals surface area (Å²) in [4.78, 5) is 0. The highest BCUT2D eigenvalue weighted by molar-refractivity contribution is 5.59. The lowest BCUT2D eigenvalue weighted by atomic mass is 10.1. The number of ether oxygens (including phenoxy) is 3.